The summed E-state index contributed by atoms with van der Waals surface area (Å²) in [7, 11) is 0. The molecule has 0 radical (unpaired) electrons. The third kappa shape index (κ3) is 5.13. The number of β-lactam (4-membered cyclic amide) rings is 1. The number of hydrogen-bond acceptors (Lipinski definition) is 7. The molecule has 0 aromatic heterocycles. The van der Waals surface area contributed by atoms with Crippen molar-refractivity contribution >= 4 is 47.3 Å². The molecule has 1 fully saturated rings. The summed E-state index contributed by atoms with van der Waals surface area (Å²) in [5.41, 5.74) is 0.949. The number of nitrogens with one attached hydrogen (secondary N) is 1. The number of carboxylic acids is 1. The summed E-state index contributed by atoms with van der Waals surface area (Å²) in [5.74, 6) is -2.65. The zero-order valence-electron chi connectivity index (χ0n) is 18.2. The predicted molar refractivity (Wildman–Crippen MR) is 128 cm³/mol. The zero-order valence-corrected chi connectivity index (χ0v) is 19.8. The van der Waals surface area contributed by atoms with Crippen LogP contribution in [0.1, 0.15) is 12.5 Å². The molecule has 0 aliphatic carbocycles. The van der Waals surface area contributed by atoms with Crippen LogP contribution in [-0.2, 0) is 30.3 Å². The molecule has 2 amide bonds. The molecule has 1 unspecified atom stereocenters. The molecule has 2 aromatic rings. The lowest BCUT2D eigenvalue weighted by Crippen LogP contribution is -2.71. The number of ether oxygens (including phenoxy) is 1. The largest absolute Gasteiger partial charge is 0.477 e. The van der Waals surface area contributed by atoms with Gasteiger partial charge in [0, 0.05) is 17.4 Å². The molecule has 2 aliphatic heterocycles. The van der Waals surface area contributed by atoms with E-state index >= 15 is 0 Å². The van der Waals surface area contributed by atoms with Gasteiger partial charge in [-0.15, -0.1) is 23.5 Å². The summed E-state index contributed by atoms with van der Waals surface area (Å²) in [6, 6.07) is 17.7. The first-order valence-corrected chi connectivity index (χ1v) is 12.3. The number of fused-ring (bicyclic) bond motifs is 1. The highest BCUT2D eigenvalue weighted by Crippen LogP contribution is 2.49. The Morgan fingerprint density at radius 2 is 1.74 bits per heavy atom. The van der Waals surface area contributed by atoms with Gasteiger partial charge in [0.05, 0.1) is 11.0 Å². The van der Waals surface area contributed by atoms with E-state index in [1.54, 1.807) is 0 Å². The standard InChI is InChI=1S/C24H22N2O6S2/c1-14(27)32-13-17-20(23(30)31)26-21(29)19(25-18(28)12-15-8-4-2-5-9-15)22(26)34-24(17)33-16-10-6-3-7-11-16/h2-11,19,22,24H,12-13H2,1H3,(H,25,28)(H,30,31)/t19-,22-,24?/m1/s1. The number of hydrogen-bond donors (Lipinski definition) is 2. The molecule has 1 saturated heterocycles. The molecule has 4 rings (SSSR count). The Morgan fingerprint density at radius 3 is 2.35 bits per heavy atom. The quantitative estimate of drug-likeness (QED) is 0.422. The smallest absolute Gasteiger partial charge is 0.352 e. The third-order valence-corrected chi connectivity index (χ3v) is 8.24. The Morgan fingerprint density at radius 1 is 1.09 bits per heavy atom. The fourth-order valence-corrected chi connectivity index (χ4v) is 6.78. The monoisotopic (exact) mass is 498 g/mol. The molecular weight excluding hydrogens is 476 g/mol. The van der Waals surface area contributed by atoms with Gasteiger partial charge in [-0.2, -0.15) is 0 Å². The predicted octanol–water partition coefficient (Wildman–Crippen LogP) is 2.65. The Labute approximate surface area is 204 Å². The van der Waals surface area contributed by atoms with E-state index in [9.17, 15) is 24.3 Å². The number of carboxylic acid groups (broad SMARTS) is 1. The number of carbonyl (C=O) groups excluding carboxylic acids is 3. The second kappa shape index (κ2) is 10.4. The maximum atomic E-state index is 12.9. The van der Waals surface area contributed by atoms with E-state index in [0.717, 1.165) is 10.5 Å². The first kappa shape index (κ1) is 23.9. The van der Waals surface area contributed by atoms with Crippen LogP contribution in [0.15, 0.2) is 76.8 Å². The van der Waals surface area contributed by atoms with E-state index in [-0.39, 0.29) is 24.6 Å². The van der Waals surface area contributed by atoms with Crippen molar-refractivity contribution in [3.8, 4) is 0 Å². The summed E-state index contributed by atoms with van der Waals surface area (Å²) in [6.07, 6.45) is 0.115. The molecule has 2 heterocycles. The number of rotatable bonds is 8. The highest BCUT2D eigenvalue weighted by molar-refractivity contribution is 8.17. The Hall–Kier alpha value is -3.24. The van der Waals surface area contributed by atoms with Gasteiger partial charge in [-0.3, -0.25) is 19.3 Å². The molecular formula is C24H22N2O6S2. The van der Waals surface area contributed by atoms with Gasteiger partial charge in [-0.25, -0.2) is 4.79 Å². The minimum atomic E-state index is -1.28. The molecule has 10 heteroatoms. The SMILES string of the molecule is CC(=O)OCC1=C(C(=O)O)N2C(=O)[C@@H](NC(=O)Cc3ccccc3)[C@H]2SC1Sc1ccccc1. The molecule has 2 aromatic carbocycles. The average molecular weight is 499 g/mol. The van der Waals surface area contributed by atoms with Crippen molar-refractivity contribution in [3.63, 3.8) is 0 Å². The molecule has 176 valence electrons. The first-order valence-electron chi connectivity index (χ1n) is 10.5. The molecule has 3 atom stereocenters. The summed E-state index contributed by atoms with van der Waals surface area (Å²) in [4.78, 5) is 51.3. The molecule has 8 nitrogen and oxygen atoms in total. The highest BCUT2D eigenvalue weighted by atomic mass is 32.2. The molecule has 0 saturated carbocycles. The summed E-state index contributed by atoms with van der Waals surface area (Å²) in [5, 5.41) is 12.1. The minimum Gasteiger partial charge on any atom is -0.477 e. The van der Waals surface area contributed by atoms with Crippen LogP contribution in [0.5, 0.6) is 0 Å². The van der Waals surface area contributed by atoms with E-state index in [1.807, 2.05) is 60.7 Å². The van der Waals surface area contributed by atoms with Crippen molar-refractivity contribution < 1.29 is 29.0 Å². The first-order chi connectivity index (χ1) is 16.3. The van der Waals surface area contributed by atoms with Gasteiger partial charge in [0.2, 0.25) is 5.91 Å². The van der Waals surface area contributed by atoms with Gasteiger partial charge in [0.25, 0.3) is 5.91 Å². The van der Waals surface area contributed by atoms with Crippen molar-refractivity contribution in [2.45, 2.75) is 34.2 Å². The van der Waals surface area contributed by atoms with Crippen LogP contribution in [0.4, 0.5) is 0 Å². The number of carbonyl (C=O) groups is 4. The normalized spacial score (nSPS) is 21.4. The van der Waals surface area contributed by atoms with E-state index in [0.29, 0.717) is 5.57 Å². The number of amides is 2. The fraction of sp³-hybridized carbons (Fsp3) is 0.250. The van der Waals surface area contributed by atoms with Crippen molar-refractivity contribution in [2.24, 2.45) is 0 Å². The van der Waals surface area contributed by atoms with Gasteiger partial charge in [0.1, 0.15) is 23.7 Å². The second-order valence-corrected chi connectivity index (χ2v) is 10.4. The second-order valence-electron chi connectivity index (χ2n) is 7.66. The highest BCUT2D eigenvalue weighted by Gasteiger charge is 2.56. The van der Waals surface area contributed by atoms with Crippen LogP contribution in [0, 0.1) is 0 Å². The van der Waals surface area contributed by atoms with Crippen LogP contribution in [0.25, 0.3) is 0 Å². The molecule has 0 spiro atoms. The summed E-state index contributed by atoms with van der Waals surface area (Å²) >= 11 is 2.77. The van der Waals surface area contributed by atoms with Crippen molar-refractivity contribution in [2.75, 3.05) is 6.61 Å². The van der Waals surface area contributed by atoms with E-state index in [4.69, 9.17) is 4.74 Å². The minimum absolute atomic E-state index is 0.115. The van der Waals surface area contributed by atoms with E-state index in [1.165, 1.54) is 35.3 Å². The molecule has 34 heavy (non-hydrogen) atoms. The molecule has 2 N–H and O–H groups in total. The van der Waals surface area contributed by atoms with Gasteiger partial charge < -0.3 is 15.2 Å². The fourth-order valence-electron chi connectivity index (χ4n) is 3.73. The van der Waals surface area contributed by atoms with Gasteiger partial charge in [-0.05, 0) is 17.7 Å². The summed E-state index contributed by atoms with van der Waals surface area (Å²) < 4.78 is 4.70. The van der Waals surface area contributed by atoms with Gasteiger partial charge in [-0.1, -0.05) is 48.5 Å². The molecule has 2 aliphatic rings. The Kier molecular flexibility index (Phi) is 7.28. The number of esters is 1. The topological polar surface area (TPSA) is 113 Å². The maximum absolute atomic E-state index is 12.9. The molecule has 0 bridgehead atoms. The Balaban J connectivity index is 1.59. The summed E-state index contributed by atoms with van der Waals surface area (Å²) in [6.45, 7) is 1.00. The number of aliphatic carboxylic acids is 1. The zero-order chi connectivity index (χ0) is 24.2. The number of benzene rings is 2. The van der Waals surface area contributed by atoms with Crippen molar-refractivity contribution in [1.82, 2.24) is 10.2 Å². The number of thioether (sulfide) groups is 2. The van der Waals surface area contributed by atoms with Crippen LogP contribution in [0.2, 0.25) is 0 Å². The maximum Gasteiger partial charge on any atom is 0.352 e. The van der Waals surface area contributed by atoms with Gasteiger partial charge >= 0.3 is 11.9 Å². The van der Waals surface area contributed by atoms with Crippen LogP contribution >= 0.6 is 23.5 Å². The van der Waals surface area contributed by atoms with Crippen molar-refractivity contribution in [1.29, 1.82) is 0 Å². The average Bonchev–Trinajstić information content (AvgIpc) is 2.82. The number of nitrogens with zero attached hydrogens (tertiary/aromatic N) is 1. The lowest BCUT2D eigenvalue weighted by Gasteiger charge is -2.51. The van der Waals surface area contributed by atoms with E-state index in [2.05, 4.69) is 5.32 Å². The lowest BCUT2D eigenvalue weighted by atomic mass is 10.0. The Bertz CT molecular complexity index is 1140. The van der Waals surface area contributed by atoms with Crippen LogP contribution in [0.3, 0.4) is 0 Å². The van der Waals surface area contributed by atoms with Crippen LogP contribution in [-0.4, -0.2) is 56.4 Å². The van der Waals surface area contributed by atoms with E-state index < -0.39 is 33.8 Å². The van der Waals surface area contributed by atoms with Gasteiger partial charge in [0.15, 0.2) is 0 Å². The van der Waals surface area contributed by atoms with Crippen molar-refractivity contribution in [3.05, 3.63) is 77.5 Å². The lowest BCUT2D eigenvalue weighted by molar-refractivity contribution is -0.151. The third-order valence-electron chi connectivity index (χ3n) is 5.28. The van der Waals surface area contributed by atoms with Crippen LogP contribution < -0.4 is 5.32 Å².